The van der Waals surface area contributed by atoms with Crippen molar-refractivity contribution in [2.45, 2.75) is 38.7 Å². The van der Waals surface area contributed by atoms with Gasteiger partial charge in [-0.2, -0.15) is 23.5 Å². The molecule has 0 saturated carbocycles. The highest BCUT2D eigenvalue weighted by Crippen LogP contribution is 2.37. The Kier molecular flexibility index (Phi) is 6.50. The number of oxime groups is 1. The molecule has 124 valence electrons. The van der Waals surface area contributed by atoms with Crippen molar-refractivity contribution in [1.82, 2.24) is 0 Å². The summed E-state index contributed by atoms with van der Waals surface area (Å²) in [6, 6.07) is 0. The maximum Gasteiger partial charge on any atom is 0.344 e. The summed E-state index contributed by atoms with van der Waals surface area (Å²) >= 11 is 3.54. The second-order valence-electron chi connectivity index (χ2n) is 5.38. The number of thioether (sulfide) groups is 2. The van der Waals surface area contributed by atoms with Crippen LogP contribution in [0.15, 0.2) is 16.5 Å². The van der Waals surface area contributed by atoms with Crippen molar-refractivity contribution in [3.8, 4) is 0 Å². The molecule has 0 aromatic carbocycles. The Labute approximate surface area is 139 Å². The van der Waals surface area contributed by atoms with E-state index in [9.17, 15) is 9.90 Å². The number of rotatable bonds is 5. The van der Waals surface area contributed by atoms with Gasteiger partial charge >= 0.3 is 5.97 Å². The molecule has 5 nitrogen and oxygen atoms in total. The van der Waals surface area contributed by atoms with Gasteiger partial charge in [0.15, 0.2) is 0 Å². The lowest BCUT2D eigenvalue weighted by Crippen LogP contribution is -2.45. The summed E-state index contributed by atoms with van der Waals surface area (Å²) in [5, 5.41) is 14.5. The number of ether oxygens (including phenoxy) is 1. The van der Waals surface area contributed by atoms with Gasteiger partial charge in [0.05, 0.1) is 5.71 Å². The fraction of sp³-hybridized carbons (Fsp3) is 0.733. The SMILES string of the molecule is CCC/C(=N\OCC)C1=C(O)CC2(CSCCSC2)OC1=O. The molecule has 2 rings (SSSR count). The fourth-order valence-electron chi connectivity index (χ4n) is 2.51. The van der Waals surface area contributed by atoms with E-state index in [0.717, 1.165) is 29.4 Å². The van der Waals surface area contributed by atoms with Crippen LogP contribution in [-0.2, 0) is 14.4 Å². The number of carbonyl (C=O) groups excluding carboxylic acids is 1. The molecule has 22 heavy (non-hydrogen) atoms. The molecule has 2 heterocycles. The standard InChI is InChI=1S/C15H23NO4S2/c1-3-5-11(16-19-4-2)13-12(17)8-15(20-14(13)18)9-21-6-7-22-10-15/h17H,3-10H2,1-2H3/b16-11+. The number of aliphatic hydroxyl groups excluding tert-OH is 1. The minimum atomic E-state index is -0.584. The average molecular weight is 345 g/mol. The highest BCUT2D eigenvalue weighted by Gasteiger charge is 2.43. The van der Waals surface area contributed by atoms with Crippen LogP contribution in [0, 0.1) is 0 Å². The molecule has 1 spiro atoms. The minimum absolute atomic E-state index is 0.0891. The molecule has 1 saturated heterocycles. The Hall–Kier alpha value is -0.820. The van der Waals surface area contributed by atoms with E-state index in [-0.39, 0.29) is 11.3 Å². The number of hydrogen-bond donors (Lipinski definition) is 1. The van der Waals surface area contributed by atoms with Crippen molar-refractivity contribution in [1.29, 1.82) is 0 Å². The van der Waals surface area contributed by atoms with Crippen molar-refractivity contribution in [2.75, 3.05) is 29.6 Å². The van der Waals surface area contributed by atoms with Gasteiger partial charge in [-0.25, -0.2) is 4.79 Å². The summed E-state index contributed by atoms with van der Waals surface area (Å²) in [4.78, 5) is 17.6. The lowest BCUT2D eigenvalue weighted by Gasteiger charge is -2.35. The van der Waals surface area contributed by atoms with E-state index >= 15 is 0 Å². The number of aliphatic hydroxyl groups is 1. The van der Waals surface area contributed by atoms with Gasteiger partial charge in [0.2, 0.25) is 0 Å². The number of nitrogens with zero attached hydrogens (tertiary/aromatic N) is 1. The summed E-state index contributed by atoms with van der Waals surface area (Å²) in [5.74, 6) is 3.18. The third-order valence-electron chi connectivity index (χ3n) is 3.47. The van der Waals surface area contributed by atoms with E-state index < -0.39 is 11.6 Å². The van der Waals surface area contributed by atoms with Crippen LogP contribution >= 0.6 is 23.5 Å². The lowest BCUT2D eigenvalue weighted by atomic mass is 9.93. The van der Waals surface area contributed by atoms with Crippen molar-refractivity contribution in [3.63, 3.8) is 0 Å². The Bertz CT molecular complexity index is 468. The van der Waals surface area contributed by atoms with Crippen molar-refractivity contribution < 1.29 is 19.5 Å². The predicted octanol–water partition coefficient (Wildman–Crippen LogP) is 3.16. The van der Waals surface area contributed by atoms with Crippen molar-refractivity contribution in [2.24, 2.45) is 5.16 Å². The zero-order chi connectivity index (χ0) is 16.0. The smallest absolute Gasteiger partial charge is 0.344 e. The van der Waals surface area contributed by atoms with Crippen LogP contribution in [0.4, 0.5) is 0 Å². The monoisotopic (exact) mass is 345 g/mol. The van der Waals surface area contributed by atoms with Crippen molar-refractivity contribution in [3.05, 3.63) is 11.3 Å². The molecule has 0 aromatic heterocycles. The van der Waals surface area contributed by atoms with Crippen LogP contribution in [0.2, 0.25) is 0 Å². The van der Waals surface area contributed by atoms with Crippen LogP contribution < -0.4 is 0 Å². The summed E-state index contributed by atoms with van der Waals surface area (Å²) in [6.45, 7) is 4.25. The van der Waals surface area contributed by atoms with Gasteiger partial charge in [-0.05, 0) is 13.3 Å². The average Bonchev–Trinajstić information content (AvgIpc) is 2.69. The fourth-order valence-corrected chi connectivity index (χ4v) is 5.14. The van der Waals surface area contributed by atoms with Gasteiger partial charge < -0.3 is 14.7 Å². The molecule has 1 fully saturated rings. The summed E-state index contributed by atoms with van der Waals surface area (Å²) in [7, 11) is 0. The van der Waals surface area contributed by atoms with Gasteiger partial charge in [-0.15, -0.1) is 0 Å². The lowest BCUT2D eigenvalue weighted by molar-refractivity contribution is -0.152. The molecule has 0 amide bonds. The second kappa shape index (κ2) is 8.15. The Morgan fingerprint density at radius 1 is 1.36 bits per heavy atom. The zero-order valence-corrected chi connectivity index (χ0v) is 14.7. The van der Waals surface area contributed by atoms with Crippen LogP contribution in [0.1, 0.15) is 33.1 Å². The van der Waals surface area contributed by atoms with Crippen molar-refractivity contribution >= 4 is 35.2 Å². The molecule has 0 radical (unpaired) electrons. The number of esters is 1. The van der Waals surface area contributed by atoms with Crippen LogP contribution in [0.3, 0.4) is 0 Å². The quantitative estimate of drug-likeness (QED) is 0.469. The largest absolute Gasteiger partial charge is 0.511 e. The molecule has 2 aliphatic rings. The minimum Gasteiger partial charge on any atom is -0.511 e. The second-order valence-corrected chi connectivity index (χ2v) is 7.59. The molecular formula is C15H23NO4S2. The maximum absolute atomic E-state index is 12.5. The number of hydrogen-bond acceptors (Lipinski definition) is 7. The van der Waals surface area contributed by atoms with Crippen LogP contribution in [0.25, 0.3) is 0 Å². The van der Waals surface area contributed by atoms with Gasteiger partial charge in [-0.1, -0.05) is 18.5 Å². The highest BCUT2D eigenvalue weighted by atomic mass is 32.2. The van der Waals surface area contributed by atoms with Gasteiger partial charge in [0.25, 0.3) is 0 Å². The van der Waals surface area contributed by atoms with E-state index in [2.05, 4.69) is 5.16 Å². The molecule has 0 bridgehead atoms. The molecule has 0 aromatic rings. The molecule has 0 unspecified atom stereocenters. The summed E-state index contributed by atoms with van der Waals surface area (Å²) in [5.41, 5.74) is 0.0928. The third kappa shape index (κ3) is 4.13. The topological polar surface area (TPSA) is 68.1 Å². The first-order chi connectivity index (χ1) is 10.6. The summed E-state index contributed by atoms with van der Waals surface area (Å²) in [6.07, 6.45) is 1.75. The van der Waals surface area contributed by atoms with E-state index in [0.29, 0.717) is 25.2 Å². The molecule has 7 heteroatoms. The molecular weight excluding hydrogens is 322 g/mol. The predicted molar refractivity (Wildman–Crippen MR) is 91.7 cm³/mol. The van der Waals surface area contributed by atoms with Crippen LogP contribution in [-0.4, -0.2) is 52.0 Å². The first-order valence-electron chi connectivity index (χ1n) is 7.62. The van der Waals surface area contributed by atoms with E-state index in [1.54, 1.807) is 23.5 Å². The van der Waals surface area contributed by atoms with Gasteiger partial charge in [0.1, 0.15) is 23.5 Å². The Balaban J connectivity index is 2.26. The molecule has 2 aliphatic heterocycles. The third-order valence-corrected chi connectivity index (χ3v) is 6.18. The first kappa shape index (κ1) is 17.5. The van der Waals surface area contributed by atoms with Crippen LogP contribution in [0.5, 0.6) is 0 Å². The first-order valence-corrected chi connectivity index (χ1v) is 9.93. The Morgan fingerprint density at radius 3 is 2.59 bits per heavy atom. The summed E-state index contributed by atoms with van der Waals surface area (Å²) < 4.78 is 5.75. The zero-order valence-electron chi connectivity index (χ0n) is 13.1. The molecule has 0 aliphatic carbocycles. The normalized spacial score (nSPS) is 22.5. The van der Waals surface area contributed by atoms with Gasteiger partial charge in [0, 0.05) is 29.4 Å². The molecule has 1 N–H and O–H groups in total. The van der Waals surface area contributed by atoms with E-state index in [4.69, 9.17) is 9.57 Å². The highest BCUT2D eigenvalue weighted by molar-refractivity contribution is 8.03. The van der Waals surface area contributed by atoms with Gasteiger partial charge in [-0.3, -0.25) is 0 Å². The number of carbonyl (C=O) groups is 1. The van der Waals surface area contributed by atoms with E-state index in [1.165, 1.54) is 0 Å². The molecule has 0 atom stereocenters. The van der Waals surface area contributed by atoms with E-state index in [1.807, 2.05) is 13.8 Å². The maximum atomic E-state index is 12.5. The Morgan fingerprint density at radius 2 is 2.05 bits per heavy atom.